The maximum absolute atomic E-state index is 12.9. The van der Waals surface area contributed by atoms with Gasteiger partial charge >= 0.3 is 17.8 Å². The van der Waals surface area contributed by atoms with Gasteiger partial charge in [-0.3, -0.25) is 14.4 Å². The lowest BCUT2D eigenvalue weighted by Crippen LogP contribution is -2.33. The number of halogens is 2. The third-order valence-electron chi connectivity index (χ3n) is 6.22. The molecule has 0 fully saturated rings. The van der Waals surface area contributed by atoms with Crippen LogP contribution in [-0.2, 0) is 9.59 Å². The summed E-state index contributed by atoms with van der Waals surface area (Å²) < 4.78 is 11.8. The minimum absolute atomic E-state index is 0.125. The van der Waals surface area contributed by atoms with Gasteiger partial charge in [-0.05, 0) is 66.2 Å². The zero-order chi connectivity index (χ0) is 31.9. The Balaban J connectivity index is 1.20. The van der Waals surface area contributed by atoms with E-state index >= 15 is 0 Å². The van der Waals surface area contributed by atoms with Crippen molar-refractivity contribution in [2.75, 3.05) is 17.7 Å². The number of carbonyl (C=O) groups is 4. The second kappa shape index (κ2) is 14.0. The van der Waals surface area contributed by atoms with Crippen LogP contribution < -0.4 is 25.5 Å². The molecule has 0 bridgehead atoms. The van der Waals surface area contributed by atoms with Crippen LogP contribution in [0.2, 0.25) is 10.0 Å². The zero-order valence-electron chi connectivity index (χ0n) is 23.3. The molecule has 45 heavy (non-hydrogen) atoms. The number of benzene rings is 4. The average molecular weight is 662 g/mol. The molecule has 0 spiro atoms. The molecule has 13 heteroatoms. The van der Waals surface area contributed by atoms with Gasteiger partial charge in [0.1, 0.15) is 4.88 Å². The lowest BCUT2D eigenvalue weighted by atomic mass is 10.1. The number of thiophene rings is 1. The lowest BCUT2D eigenvalue weighted by molar-refractivity contribution is -0.136. The molecular weight excluding hydrogens is 639 g/mol. The Hall–Kier alpha value is -5.23. The van der Waals surface area contributed by atoms with Crippen molar-refractivity contribution in [3.8, 4) is 11.5 Å². The van der Waals surface area contributed by atoms with Crippen LogP contribution in [0.25, 0.3) is 10.1 Å². The Bertz CT molecular complexity index is 1960. The molecule has 0 aliphatic heterocycles. The van der Waals surface area contributed by atoms with Gasteiger partial charge in [0, 0.05) is 20.8 Å². The first-order chi connectivity index (χ1) is 21.7. The number of anilines is 2. The molecule has 1 heterocycles. The molecule has 1 aromatic heterocycles. The molecule has 5 rings (SSSR count). The molecule has 0 unspecified atom stereocenters. The number of hydrogen-bond acceptors (Lipinski definition) is 8. The molecular formula is C32H22Cl2N4O6S. The van der Waals surface area contributed by atoms with Gasteiger partial charge in [-0.25, -0.2) is 10.2 Å². The molecule has 0 saturated carbocycles. The number of fused-ring (bicyclic) bond motifs is 1. The van der Waals surface area contributed by atoms with Gasteiger partial charge in [0.2, 0.25) is 0 Å². The quantitative estimate of drug-likeness (QED) is 0.0552. The normalized spacial score (nSPS) is 10.8. The fourth-order valence-electron chi connectivity index (χ4n) is 4.06. The first-order valence-corrected chi connectivity index (χ1v) is 14.7. The van der Waals surface area contributed by atoms with Crippen molar-refractivity contribution in [2.24, 2.45) is 5.10 Å². The number of nitrogens with zero attached hydrogens (tertiary/aromatic N) is 1. The Morgan fingerprint density at radius 2 is 1.56 bits per heavy atom. The maximum Gasteiger partial charge on any atom is 0.355 e. The van der Waals surface area contributed by atoms with E-state index < -0.39 is 23.7 Å². The van der Waals surface area contributed by atoms with Gasteiger partial charge in [0.25, 0.3) is 5.91 Å². The number of methoxy groups -OCH3 is 1. The molecule has 5 aromatic rings. The van der Waals surface area contributed by atoms with E-state index in [1.165, 1.54) is 48.9 Å². The van der Waals surface area contributed by atoms with E-state index in [9.17, 15) is 19.2 Å². The van der Waals surface area contributed by atoms with Crippen molar-refractivity contribution in [1.82, 2.24) is 5.43 Å². The fraction of sp³-hybridized carbons (Fsp3) is 0.0312. The van der Waals surface area contributed by atoms with E-state index in [-0.39, 0.29) is 27.6 Å². The number of hydrazone groups is 1. The highest BCUT2D eigenvalue weighted by molar-refractivity contribution is 7.21. The van der Waals surface area contributed by atoms with E-state index in [0.29, 0.717) is 21.3 Å². The summed E-state index contributed by atoms with van der Waals surface area (Å²) in [6, 6.07) is 24.7. The Morgan fingerprint density at radius 1 is 0.822 bits per heavy atom. The monoisotopic (exact) mass is 660 g/mol. The summed E-state index contributed by atoms with van der Waals surface area (Å²) in [6.07, 6.45) is 1.27. The summed E-state index contributed by atoms with van der Waals surface area (Å²) in [7, 11) is 1.40. The molecule has 0 saturated heterocycles. The van der Waals surface area contributed by atoms with Crippen molar-refractivity contribution >= 4 is 85.9 Å². The van der Waals surface area contributed by atoms with Crippen LogP contribution >= 0.6 is 34.5 Å². The Labute approximate surface area is 270 Å². The molecule has 0 radical (unpaired) electrons. The number of hydrogen-bond donors (Lipinski definition) is 3. The van der Waals surface area contributed by atoms with Gasteiger partial charge in [0.05, 0.1) is 29.6 Å². The number of ether oxygens (including phenoxy) is 2. The van der Waals surface area contributed by atoms with E-state index in [2.05, 4.69) is 21.2 Å². The number of carbonyl (C=O) groups excluding carboxylic acids is 4. The van der Waals surface area contributed by atoms with Crippen molar-refractivity contribution in [3.05, 3.63) is 117 Å². The second-order valence-corrected chi connectivity index (χ2v) is 11.1. The van der Waals surface area contributed by atoms with E-state index in [1.807, 2.05) is 24.3 Å². The minimum Gasteiger partial charge on any atom is -0.493 e. The predicted molar refractivity (Wildman–Crippen MR) is 175 cm³/mol. The topological polar surface area (TPSA) is 135 Å². The van der Waals surface area contributed by atoms with Crippen LogP contribution in [-0.4, -0.2) is 37.0 Å². The molecule has 3 N–H and O–H groups in total. The molecule has 226 valence electrons. The van der Waals surface area contributed by atoms with E-state index in [4.69, 9.17) is 32.7 Å². The Morgan fingerprint density at radius 3 is 2.31 bits per heavy atom. The van der Waals surface area contributed by atoms with E-state index in [0.717, 1.165) is 10.1 Å². The maximum atomic E-state index is 12.9. The number of esters is 1. The van der Waals surface area contributed by atoms with Crippen molar-refractivity contribution in [3.63, 3.8) is 0 Å². The van der Waals surface area contributed by atoms with Crippen molar-refractivity contribution in [1.29, 1.82) is 0 Å². The first-order valence-electron chi connectivity index (χ1n) is 13.1. The summed E-state index contributed by atoms with van der Waals surface area (Å²) in [5.41, 5.74) is 3.37. The summed E-state index contributed by atoms with van der Waals surface area (Å²) in [6.45, 7) is 0. The van der Waals surface area contributed by atoms with Gasteiger partial charge < -0.3 is 20.1 Å². The standard InChI is InChI=1S/C32H22Cl2N4O6S/c1-43-25-16-18(10-15-24(25)44-32(42)28-27(34)22-7-3-5-9-26(22)45-28)17-35-38-31(41)30(40)37-23-8-4-2-6-21(23)29(39)36-20-13-11-19(33)12-14-20/h2-17H,1H3,(H,36,39)(H,37,40)(H,38,41). The molecule has 0 atom stereocenters. The van der Waals surface area contributed by atoms with Gasteiger partial charge in [0.15, 0.2) is 11.5 Å². The van der Waals surface area contributed by atoms with Crippen LogP contribution in [0.15, 0.2) is 96.1 Å². The number of nitrogens with one attached hydrogen (secondary N) is 3. The second-order valence-electron chi connectivity index (χ2n) is 9.20. The van der Waals surface area contributed by atoms with Crippen LogP contribution in [0.3, 0.4) is 0 Å². The third kappa shape index (κ3) is 7.47. The molecule has 0 aliphatic rings. The summed E-state index contributed by atoms with van der Waals surface area (Å²) in [5, 5.41) is 10.5. The summed E-state index contributed by atoms with van der Waals surface area (Å²) in [5.74, 6) is -2.88. The van der Waals surface area contributed by atoms with Crippen LogP contribution in [0.1, 0.15) is 25.6 Å². The molecule has 0 aliphatic carbocycles. The smallest absolute Gasteiger partial charge is 0.355 e. The number of rotatable bonds is 8. The highest BCUT2D eigenvalue weighted by atomic mass is 35.5. The van der Waals surface area contributed by atoms with Gasteiger partial charge in [-0.2, -0.15) is 5.10 Å². The average Bonchev–Trinajstić information content (AvgIpc) is 3.39. The predicted octanol–water partition coefficient (Wildman–Crippen LogP) is 6.78. The Kier molecular flexibility index (Phi) is 9.73. The largest absolute Gasteiger partial charge is 0.493 e. The third-order valence-corrected chi connectivity index (χ3v) is 8.13. The zero-order valence-corrected chi connectivity index (χ0v) is 25.6. The lowest BCUT2D eigenvalue weighted by Gasteiger charge is -2.11. The van der Waals surface area contributed by atoms with Crippen molar-refractivity contribution < 1.29 is 28.7 Å². The van der Waals surface area contributed by atoms with Crippen molar-refractivity contribution in [2.45, 2.75) is 0 Å². The molecule has 4 aromatic carbocycles. The first kappa shape index (κ1) is 31.2. The van der Waals surface area contributed by atoms with Gasteiger partial charge in [-0.1, -0.05) is 53.5 Å². The number of amides is 3. The van der Waals surface area contributed by atoms with Crippen LogP contribution in [0.4, 0.5) is 11.4 Å². The minimum atomic E-state index is -1.07. The summed E-state index contributed by atoms with van der Waals surface area (Å²) >= 11 is 13.5. The number of para-hydroxylation sites is 1. The highest BCUT2D eigenvalue weighted by Crippen LogP contribution is 2.37. The molecule has 10 nitrogen and oxygen atoms in total. The molecule has 3 amide bonds. The van der Waals surface area contributed by atoms with E-state index in [1.54, 1.807) is 42.5 Å². The van der Waals surface area contributed by atoms with Crippen LogP contribution in [0.5, 0.6) is 11.5 Å². The SMILES string of the molecule is COc1cc(C=NNC(=O)C(=O)Nc2ccccc2C(=O)Nc2ccc(Cl)cc2)ccc1OC(=O)c1sc2ccccc2c1Cl. The highest BCUT2D eigenvalue weighted by Gasteiger charge is 2.21. The summed E-state index contributed by atoms with van der Waals surface area (Å²) in [4.78, 5) is 50.9. The fourth-order valence-corrected chi connectivity index (χ4v) is 5.57. The van der Waals surface area contributed by atoms with Crippen LogP contribution in [0, 0.1) is 0 Å². The van der Waals surface area contributed by atoms with Gasteiger partial charge in [-0.15, -0.1) is 11.3 Å².